The number of rotatable bonds is 4. The molecule has 0 aliphatic rings. The molecule has 2 aromatic rings. The molecule has 0 heterocycles. The van der Waals surface area contributed by atoms with Gasteiger partial charge in [-0.2, -0.15) is 0 Å². The maximum atomic E-state index is 13.2. The summed E-state index contributed by atoms with van der Waals surface area (Å²) in [5, 5.41) is 9.45. The van der Waals surface area contributed by atoms with Gasteiger partial charge in [-0.3, -0.25) is 4.79 Å². The second-order valence-corrected chi connectivity index (χ2v) is 5.55. The first-order valence-electron chi connectivity index (χ1n) is 6.21. The van der Waals surface area contributed by atoms with Gasteiger partial charge < -0.3 is 5.11 Å². The summed E-state index contributed by atoms with van der Waals surface area (Å²) in [6.45, 7) is 1.89. The van der Waals surface area contributed by atoms with Crippen molar-refractivity contribution >= 4 is 21.9 Å². The van der Waals surface area contributed by atoms with Crippen molar-refractivity contribution in [2.45, 2.75) is 19.3 Å². The lowest BCUT2D eigenvalue weighted by atomic mass is 9.89. The largest absolute Gasteiger partial charge is 0.481 e. The summed E-state index contributed by atoms with van der Waals surface area (Å²) in [6, 6.07) is 12.0. The fourth-order valence-corrected chi connectivity index (χ4v) is 2.64. The average Bonchev–Trinajstić information content (AvgIpc) is 2.41. The van der Waals surface area contributed by atoms with Gasteiger partial charge in [-0.05, 0) is 58.1 Å². The second-order valence-electron chi connectivity index (χ2n) is 4.70. The molecule has 2 aromatic carbocycles. The van der Waals surface area contributed by atoms with E-state index in [-0.39, 0.29) is 5.82 Å². The quantitative estimate of drug-likeness (QED) is 0.903. The van der Waals surface area contributed by atoms with Crippen LogP contribution in [0, 0.1) is 12.7 Å². The van der Waals surface area contributed by atoms with Crippen molar-refractivity contribution in [2.24, 2.45) is 0 Å². The molecule has 0 spiro atoms. The zero-order chi connectivity index (χ0) is 14.7. The maximum absolute atomic E-state index is 13.2. The van der Waals surface area contributed by atoms with E-state index in [1.165, 1.54) is 6.07 Å². The van der Waals surface area contributed by atoms with Gasteiger partial charge in [-0.25, -0.2) is 4.39 Å². The van der Waals surface area contributed by atoms with Crippen LogP contribution in [0.5, 0.6) is 0 Å². The normalized spacial score (nSPS) is 12.2. The molecule has 0 saturated carbocycles. The van der Waals surface area contributed by atoms with E-state index in [0.717, 1.165) is 16.7 Å². The molecule has 0 aliphatic heterocycles. The van der Waals surface area contributed by atoms with Gasteiger partial charge in [0.25, 0.3) is 0 Å². The number of aryl methyl sites for hydroxylation is 1. The van der Waals surface area contributed by atoms with Gasteiger partial charge in [0.1, 0.15) is 5.82 Å². The predicted octanol–water partition coefficient (Wildman–Crippen LogP) is 4.31. The van der Waals surface area contributed by atoms with Crippen molar-refractivity contribution < 1.29 is 14.3 Å². The molecule has 0 aliphatic carbocycles. The van der Waals surface area contributed by atoms with Gasteiger partial charge in [0, 0.05) is 0 Å². The molecule has 0 saturated heterocycles. The minimum atomic E-state index is -0.875. The van der Waals surface area contributed by atoms with E-state index in [4.69, 9.17) is 0 Å². The highest BCUT2D eigenvalue weighted by molar-refractivity contribution is 9.10. The summed E-state index contributed by atoms with van der Waals surface area (Å²) in [7, 11) is 0. The number of hydrogen-bond acceptors (Lipinski definition) is 1. The molecule has 0 bridgehead atoms. The van der Waals surface area contributed by atoms with Gasteiger partial charge >= 0.3 is 5.97 Å². The maximum Gasteiger partial charge on any atom is 0.311 e. The highest BCUT2D eigenvalue weighted by Gasteiger charge is 2.22. The van der Waals surface area contributed by atoms with Crippen LogP contribution in [0.1, 0.15) is 22.6 Å². The first kappa shape index (κ1) is 14.7. The highest BCUT2D eigenvalue weighted by atomic mass is 79.9. The minimum Gasteiger partial charge on any atom is -0.481 e. The van der Waals surface area contributed by atoms with Crippen molar-refractivity contribution in [1.82, 2.24) is 0 Å². The molecule has 1 N–H and O–H groups in total. The van der Waals surface area contributed by atoms with Crippen molar-refractivity contribution in [3.8, 4) is 0 Å². The second kappa shape index (κ2) is 6.18. The van der Waals surface area contributed by atoms with Crippen molar-refractivity contribution in [3.63, 3.8) is 0 Å². The molecule has 0 amide bonds. The third-order valence-corrected chi connectivity index (χ3v) is 3.89. The van der Waals surface area contributed by atoms with Crippen LogP contribution in [0.4, 0.5) is 4.39 Å². The minimum absolute atomic E-state index is 0.332. The van der Waals surface area contributed by atoms with Crippen LogP contribution in [0.2, 0.25) is 0 Å². The average molecular weight is 337 g/mol. The number of carbonyl (C=O) groups is 1. The Morgan fingerprint density at radius 3 is 2.60 bits per heavy atom. The summed E-state index contributed by atoms with van der Waals surface area (Å²) in [6.07, 6.45) is 0.332. The van der Waals surface area contributed by atoms with Gasteiger partial charge in [0.15, 0.2) is 0 Å². The lowest BCUT2D eigenvalue weighted by Gasteiger charge is -2.15. The molecule has 20 heavy (non-hydrogen) atoms. The Bertz CT molecular complexity index is 640. The fourth-order valence-electron chi connectivity index (χ4n) is 2.21. The number of carboxylic acid groups (broad SMARTS) is 1. The van der Waals surface area contributed by atoms with E-state index in [0.29, 0.717) is 10.9 Å². The van der Waals surface area contributed by atoms with Gasteiger partial charge in [0.05, 0.1) is 10.4 Å². The third-order valence-electron chi connectivity index (χ3n) is 3.29. The zero-order valence-corrected chi connectivity index (χ0v) is 12.5. The summed E-state index contributed by atoms with van der Waals surface area (Å²) >= 11 is 3.12. The number of carboxylic acids is 1. The van der Waals surface area contributed by atoms with Gasteiger partial charge in [-0.15, -0.1) is 0 Å². The van der Waals surface area contributed by atoms with Crippen LogP contribution in [0.3, 0.4) is 0 Å². The fraction of sp³-hybridized carbons (Fsp3) is 0.188. The molecular weight excluding hydrogens is 323 g/mol. The Kier molecular flexibility index (Phi) is 4.55. The molecule has 2 nitrogen and oxygen atoms in total. The van der Waals surface area contributed by atoms with E-state index < -0.39 is 11.9 Å². The monoisotopic (exact) mass is 336 g/mol. The third kappa shape index (κ3) is 3.25. The van der Waals surface area contributed by atoms with Crippen LogP contribution in [0.15, 0.2) is 46.9 Å². The summed E-state index contributed by atoms with van der Waals surface area (Å²) in [5.74, 6) is -1.86. The summed E-state index contributed by atoms with van der Waals surface area (Å²) in [4.78, 5) is 11.5. The van der Waals surface area contributed by atoms with Gasteiger partial charge in [0.2, 0.25) is 0 Å². The first-order chi connectivity index (χ1) is 9.49. The van der Waals surface area contributed by atoms with Crippen molar-refractivity contribution in [2.75, 3.05) is 0 Å². The molecule has 0 radical (unpaired) electrons. The number of aliphatic carboxylic acids is 1. The first-order valence-corrected chi connectivity index (χ1v) is 7.00. The number of hydrogen-bond donors (Lipinski definition) is 1. The van der Waals surface area contributed by atoms with E-state index >= 15 is 0 Å². The Morgan fingerprint density at radius 1 is 1.30 bits per heavy atom. The number of benzene rings is 2. The molecule has 104 valence electrons. The van der Waals surface area contributed by atoms with Crippen LogP contribution in [-0.2, 0) is 11.2 Å². The van der Waals surface area contributed by atoms with E-state index in [2.05, 4.69) is 15.9 Å². The Morgan fingerprint density at radius 2 is 2.00 bits per heavy atom. The van der Waals surface area contributed by atoms with Crippen LogP contribution >= 0.6 is 15.9 Å². The molecule has 2 rings (SSSR count). The summed E-state index contributed by atoms with van der Waals surface area (Å²) in [5.41, 5.74) is 2.52. The molecule has 4 heteroatoms. The highest BCUT2D eigenvalue weighted by Crippen LogP contribution is 2.26. The SMILES string of the molecule is Cc1ccccc1C(Cc1ccc(F)c(Br)c1)C(=O)O. The topological polar surface area (TPSA) is 37.3 Å². The lowest BCUT2D eigenvalue weighted by Crippen LogP contribution is -2.15. The van der Waals surface area contributed by atoms with Crippen molar-refractivity contribution in [3.05, 3.63) is 69.4 Å². The zero-order valence-electron chi connectivity index (χ0n) is 10.9. The Balaban J connectivity index is 2.33. The lowest BCUT2D eigenvalue weighted by molar-refractivity contribution is -0.138. The molecule has 1 unspecified atom stereocenters. The predicted molar refractivity (Wildman–Crippen MR) is 79.4 cm³/mol. The smallest absolute Gasteiger partial charge is 0.311 e. The van der Waals surface area contributed by atoms with Crippen LogP contribution in [-0.4, -0.2) is 11.1 Å². The van der Waals surface area contributed by atoms with Crippen molar-refractivity contribution in [1.29, 1.82) is 0 Å². The van der Waals surface area contributed by atoms with E-state index in [1.54, 1.807) is 12.1 Å². The van der Waals surface area contributed by atoms with E-state index in [1.807, 2.05) is 31.2 Å². The van der Waals surface area contributed by atoms with E-state index in [9.17, 15) is 14.3 Å². The van der Waals surface area contributed by atoms with Crippen LogP contribution < -0.4 is 0 Å². The van der Waals surface area contributed by atoms with Gasteiger partial charge in [-0.1, -0.05) is 30.3 Å². The number of halogens is 2. The Labute approximate surface area is 125 Å². The summed E-state index contributed by atoms with van der Waals surface area (Å²) < 4.78 is 13.6. The molecule has 0 fully saturated rings. The molecule has 1 atom stereocenters. The van der Waals surface area contributed by atoms with Crippen LogP contribution in [0.25, 0.3) is 0 Å². The standard InChI is InChI=1S/C16H14BrFO2/c1-10-4-2-3-5-12(10)13(16(19)20)8-11-6-7-15(18)14(17)9-11/h2-7,9,13H,8H2,1H3,(H,19,20). The molecular formula is C16H14BrFO2. The Hall–Kier alpha value is -1.68. The molecule has 0 aromatic heterocycles.